The second-order valence-corrected chi connectivity index (χ2v) is 6.08. The number of rotatable bonds is 5. The summed E-state index contributed by atoms with van der Waals surface area (Å²) in [7, 11) is 0. The molecule has 0 unspecified atom stereocenters. The molecule has 4 rings (SSSR count). The van der Waals surface area contributed by atoms with Crippen LogP contribution in [0.25, 0.3) is 0 Å². The summed E-state index contributed by atoms with van der Waals surface area (Å²) in [5.74, 6) is 1.15. The summed E-state index contributed by atoms with van der Waals surface area (Å²) in [6.45, 7) is 1.30. The highest BCUT2D eigenvalue weighted by molar-refractivity contribution is 5.92. The normalized spacial score (nSPS) is 12.3. The second kappa shape index (κ2) is 7.91. The van der Waals surface area contributed by atoms with Gasteiger partial charge in [0.05, 0.1) is 0 Å². The first-order valence-corrected chi connectivity index (χ1v) is 8.69. The average Bonchev–Trinajstić information content (AvgIpc) is 2.73. The minimum Gasteiger partial charge on any atom is -0.486 e. The molecule has 142 valence electrons. The lowest BCUT2D eigenvalue weighted by atomic mass is 10.2. The number of nitrogens with zero attached hydrogens (tertiary/aromatic N) is 2. The Morgan fingerprint density at radius 1 is 1.00 bits per heavy atom. The summed E-state index contributed by atoms with van der Waals surface area (Å²) in [5.41, 5.74) is 1.76. The van der Waals surface area contributed by atoms with Gasteiger partial charge in [0, 0.05) is 24.4 Å². The molecule has 0 bridgehead atoms. The van der Waals surface area contributed by atoms with E-state index in [0.29, 0.717) is 30.5 Å². The molecule has 1 aromatic heterocycles. The number of ether oxygens (including phenoxy) is 2. The molecule has 0 aliphatic carbocycles. The predicted molar refractivity (Wildman–Crippen MR) is 100 cm³/mol. The molecule has 8 heteroatoms. The van der Waals surface area contributed by atoms with E-state index in [0.717, 1.165) is 11.3 Å². The summed E-state index contributed by atoms with van der Waals surface area (Å²) < 4.78 is 24.0. The first-order chi connectivity index (χ1) is 13.7. The number of carbonyl (C=O) groups is 1. The fraction of sp³-hybridized carbons (Fsp3) is 0.150. The molecule has 7 nitrogen and oxygen atoms in total. The van der Waals surface area contributed by atoms with E-state index in [2.05, 4.69) is 20.6 Å². The summed E-state index contributed by atoms with van der Waals surface area (Å²) >= 11 is 0. The summed E-state index contributed by atoms with van der Waals surface area (Å²) in [4.78, 5) is 20.5. The largest absolute Gasteiger partial charge is 0.486 e. The zero-order valence-corrected chi connectivity index (χ0v) is 14.8. The van der Waals surface area contributed by atoms with Crippen molar-refractivity contribution in [2.75, 3.05) is 18.5 Å². The lowest BCUT2D eigenvalue weighted by Crippen LogP contribution is -2.24. The van der Waals surface area contributed by atoms with Crippen LogP contribution in [0.3, 0.4) is 0 Å². The van der Waals surface area contributed by atoms with Gasteiger partial charge in [-0.25, -0.2) is 14.4 Å². The lowest BCUT2D eigenvalue weighted by Gasteiger charge is -2.19. The maximum atomic E-state index is 12.9. The summed E-state index contributed by atoms with van der Waals surface area (Å²) in [6, 6.07) is 12.9. The molecule has 1 amide bonds. The van der Waals surface area contributed by atoms with E-state index in [1.807, 2.05) is 18.2 Å². The Balaban J connectivity index is 1.42. The van der Waals surface area contributed by atoms with Crippen molar-refractivity contribution in [3.63, 3.8) is 0 Å². The number of anilines is 2. The number of hydrogen-bond donors (Lipinski definition) is 2. The zero-order chi connectivity index (χ0) is 19.3. The fourth-order valence-electron chi connectivity index (χ4n) is 2.69. The van der Waals surface area contributed by atoms with Gasteiger partial charge in [-0.3, -0.25) is 4.79 Å². The molecule has 1 aliphatic heterocycles. The Kier molecular flexibility index (Phi) is 5.01. The van der Waals surface area contributed by atoms with Crippen molar-refractivity contribution in [2.45, 2.75) is 6.54 Å². The number of carbonyl (C=O) groups excluding carboxylic acids is 1. The summed E-state index contributed by atoms with van der Waals surface area (Å²) in [5, 5.41) is 5.87. The van der Waals surface area contributed by atoms with Gasteiger partial charge >= 0.3 is 0 Å². The molecule has 0 saturated heterocycles. The predicted octanol–water partition coefficient (Wildman–Crippen LogP) is 3.06. The lowest BCUT2D eigenvalue weighted by molar-refractivity contribution is 0.0946. The monoisotopic (exact) mass is 380 g/mol. The van der Waals surface area contributed by atoms with Crippen molar-refractivity contribution in [3.8, 4) is 11.5 Å². The van der Waals surface area contributed by atoms with Crippen molar-refractivity contribution < 1.29 is 18.7 Å². The number of halogens is 1. The van der Waals surface area contributed by atoms with Gasteiger partial charge in [-0.05, 0) is 29.8 Å². The van der Waals surface area contributed by atoms with Gasteiger partial charge in [-0.2, -0.15) is 0 Å². The van der Waals surface area contributed by atoms with Crippen LogP contribution in [0.1, 0.15) is 16.1 Å². The molecule has 0 fully saturated rings. The molecule has 2 aromatic carbocycles. The van der Waals surface area contributed by atoms with Crippen molar-refractivity contribution >= 4 is 17.4 Å². The minimum absolute atomic E-state index is 0.220. The molecule has 3 aromatic rings. The van der Waals surface area contributed by atoms with E-state index in [1.54, 1.807) is 18.2 Å². The van der Waals surface area contributed by atoms with E-state index in [4.69, 9.17) is 9.47 Å². The second-order valence-electron chi connectivity index (χ2n) is 6.08. The van der Waals surface area contributed by atoms with E-state index >= 15 is 0 Å². The van der Waals surface area contributed by atoms with Crippen molar-refractivity contribution in [2.24, 2.45) is 0 Å². The number of amides is 1. The Morgan fingerprint density at radius 3 is 2.61 bits per heavy atom. The molecule has 1 aliphatic rings. The molecule has 0 atom stereocenters. The number of fused-ring (bicyclic) bond motifs is 1. The molecule has 2 N–H and O–H groups in total. The van der Waals surface area contributed by atoms with Gasteiger partial charge in [-0.1, -0.05) is 12.1 Å². The number of aromatic nitrogens is 2. The van der Waals surface area contributed by atoms with Crippen LogP contribution in [0.15, 0.2) is 54.9 Å². The molecular weight excluding hydrogens is 363 g/mol. The quantitative estimate of drug-likeness (QED) is 0.708. The van der Waals surface area contributed by atoms with Crippen LogP contribution in [0, 0.1) is 5.82 Å². The first kappa shape index (κ1) is 17.7. The third kappa shape index (κ3) is 4.17. The van der Waals surface area contributed by atoms with Crippen LogP contribution in [-0.4, -0.2) is 29.1 Å². The third-order valence-corrected chi connectivity index (χ3v) is 4.08. The first-order valence-electron chi connectivity index (χ1n) is 8.69. The van der Waals surface area contributed by atoms with Gasteiger partial charge in [-0.15, -0.1) is 0 Å². The van der Waals surface area contributed by atoms with Gasteiger partial charge in [0.15, 0.2) is 11.5 Å². The molecule has 0 saturated carbocycles. The Morgan fingerprint density at radius 2 is 1.79 bits per heavy atom. The van der Waals surface area contributed by atoms with E-state index in [9.17, 15) is 9.18 Å². The highest BCUT2D eigenvalue weighted by Gasteiger charge is 2.13. The van der Waals surface area contributed by atoms with Crippen molar-refractivity contribution in [3.05, 3.63) is 71.9 Å². The Labute approximate surface area is 160 Å². The van der Waals surface area contributed by atoms with Crippen molar-refractivity contribution in [1.29, 1.82) is 0 Å². The van der Waals surface area contributed by atoms with Crippen LogP contribution in [0.2, 0.25) is 0 Å². The van der Waals surface area contributed by atoms with E-state index < -0.39 is 0 Å². The molecule has 2 heterocycles. The smallest absolute Gasteiger partial charge is 0.270 e. The average molecular weight is 380 g/mol. The van der Waals surface area contributed by atoms with Crippen LogP contribution < -0.4 is 20.1 Å². The van der Waals surface area contributed by atoms with E-state index in [1.165, 1.54) is 18.5 Å². The molecular formula is C20H17FN4O3. The number of nitrogens with one attached hydrogen (secondary N) is 2. The SMILES string of the molecule is O=C(NCc1ccc(F)cc1)c1cc(Nc2ccc3c(c2)OCCO3)ncn1. The Bertz CT molecular complexity index is 995. The maximum Gasteiger partial charge on any atom is 0.270 e. The summed E-state index contributed by atoms with van der Waals surface area (Å²) in [6.07, 6.45) is 1.31. The number of hydrogen-bond acceptors (Lipinski definition) is 6. The number of benzene rings is 2. The standard InChI is InChI=1S/C20H17FN4O3/c21-14-3-1-13(2-4-14)11-22-20(26)16-10-19(24-12-23-16)25-15-5-6-17-18(9-15)28-8-7-27-17/h1-6,9-10,12H,7-8,11H2,(H,22,26)(H,23,24,25). The van der Waals surface area contributed by atoms with Crippen LogP contribution >= 0.6 is 0 Å². The van der Waals surface area contributed by atoms with Gasteiger partial charge in [0.25, 0.3) is 5.91 Å². The Hall–Kier alpha value is -3.68. The van der Waals surface area contributed by atoms with Crippen LogP contribution in [0.4, 0.5) is 15.9 Å². The van der Waals surface area contributed by atoms with Gasteiger partial charge in [0.1, 0.15) is 36.9 Å². The zero-order valence-electron chi connectivity index (χ0n) is 14.8. The maximum absolute atomic E-state index is 12.9. The molecule has 0 spiro atoms. The van der Waals surface area contributed by atoms with E-state index in [-0.39, 0.29) is 24.0 Å². The van der Waals surface area contributed by atoms with Gasteiger partial charge < -0.3 is 20.1 Å². The highest BCUT2D eigenvalue weighted by Crippen LogP contribution is 2.33. The molecule has 0 radical (unpaired) electrons. The molecule has 28 heavy (non-hydrogen) atoms. The third-order valence-electron chi connectivity index (χ3n) is 4.08. The minimum atomic E-state index is -0.350. The van der Waals surface area contributed by atoms with Crippen molar-refractivity contribution in [1.82, 2.24) is 15.3 Å². The fourth-order valence-corrected chi connectivity index (χ4v) is 2.69. The highest BCUT2D eigenvalue weighted by atomic mass is 19.1. The topological polar surface area (TPSA) is 85.4 Å². The van der Waals surface area contributed by atoms with Gasteiger partial charge in [0.2, 0.25) is 0 Å². The van der Waals surface area contributed by atoms with Crippen LogP contribution in [0.5, 0.6) is 11.5 Å². The van der Waals surface area contributed by atoms with Crippen LogP contribution in [-0.2, 0) is 6.54 Å².